The molecule has 0 saturated carbocycles. The summed E-state index contributed by atoms with van der Waals surface area (Å²) in [5, 5.41) is 9.30. The Morgan fingerprint density at radius 3 is 2.48 bits per heavy atom. The Balaban J connectivity index is 1.92. The van der Waals surface area contributed by atoms with E-state index in [1.807, 2.05) is 0 Å². The monoisotopic (exact) mass is 329 g/mol. The molecule has 1 N–H and O–H groups in total. The number of carboxylic acid groups (broad SMARTS) is 1. The maximum absolute atomic E-state index is 12.2. The molecule has 1 fully saturated rings. The van der Waals surface area contributed by atoms with Gasteiger partial charge in [0.2, 0.25) is 5.91 Å². The summed E-state index contributed by atoms with van der Waals surface area (Å²) >= 11 is 5.96. The second-order valence-corrected chi connectivity index (χ2v) is 6.74. The molecule has 21 heavy (non-hydrogen) atoms. The standard InChI is InChI=1S/C14H16ClNO4S/c15-11-3-1-2-4-12(11)21(20)9-13(17)16-7-5-10(6-8-16)14(18)19/h1-4,10H,5-9H2,(H,18,19). The fourth-order valence-corrected chi connectivity index (χ4v) is 3.76. The zero-order chi connectivity index (χ0) is 15.4. The van der Waals surface area contributed by atoms with Gasteiger partial charge in [-0.05, 0) is 25.0 Å². The van der Waals surface area contributed by atoms with E-state index in [0.29, 0.717) is 35.8 Å². The van der Waals surface area contributed by atoms with Gasteiger partial charge in [0.1, 0.15) is 5.75 Å². The molecule has 1 aliphatic rings. The van der Waals surface area contributed by atoms with E-state index in [2.05, 4.69) is 0 Å². The number of hydrogen-bond acceptors (Lipinski definition) is 3. The maximum atomic E-state index is 12.2. The third-order valence-corrected chi connectivity index (χ3v) is 5.33. The summed E-state index contributed by atoms with van der Waals surface area (Å²) in [6.45, 7) is 0.797. The van der Waals surface area contributed by atoms with Crippen LogP contribution in [0, 0.1) is 5.92 Å². The van der Waals surface area contributed by atoms with Crippen molar-refractivity contribution < 1.29 is 18.9 Å². The molecule has 114 valence electrons. The highest BCUT2D eigenvalue weighted by Gasteiger charge is 2.27. The van der Waals surface area contributed by atoms with Crippen LogP contribution in [0.25, 0.3) is 0 Å². The van der Waals surface area contributed by atoms with Crippen LogP contribution in [-0.4, -0.2) is 44.9 Å². The largest absolute Gasteiger partial charge is 0.481 e. The lowest BCUT2D eigenvalue weighted by Crippen LogP contribution is -2.42. The second-order valence-electron chi connectivity index (χ2n) is 4.91. The molecule has 0 bridgehead atoms. The van der Waals surface area contributed by atoms with Crippen molar-refractivity contribution in [3.63, 3.8) is 0 Å². The number of amides is 1. The Hall–Kier alpha value is -1.40. The van der Waals surface area contributed by atoms with Gasteiger partial charge in [0.15, 0.2) is 0 Å². The van der Waals surface area contributed by atoms with Crippen LogP contribution in [0.3, 0.4) is 0 Å². The summed E-state index contributed by atoms with van der Waals surface area (Å²) in [4.78, 5) is 25.0. The molecule has 0 spiro atoms. The van der Waals surface area contributed by atoms with Crippen LogP contribution in [-0.2, 0) is 20.4 Å². The number of piperidine rings is 1. The first-order chi connectivity index (χ1) is 9.99. The van der Waals surface area contributed by atoms with Gasteiger partial charge in [0, 0.05) is 13.1 Å². The van der Waals surface area contributed by atoms with Crippen LogP contribution in [0.4, 0.5) is 0 Å². The average Bonchev–Trinajstić information content (AvgIpc) is 2.47. The molecule has 1 saturated heterocycles. The quantitative estimate of drug-likeness (QED) is 0.913. The smallest absolute Gasteiger partial charge is 0.306 e. The first-order valence-corrected chi connectivity index (χ1v) is 8.32. The van der Waals surface area contributed by atoms with E-state index in [9.17, 15) is 13.8 Å². The molecule has 7 heteroatoms. The highest BCUT2D eigenvalue weighted by atomic mass is 35.5. The van der Waals surface area contributed by atoms with Crippen molar-refractivity contribution in [1.29, 1.82) is 0 Å². The van der Waals surface area contributed by atoms with Crippen LogP contribution in [0.1, 0.15) is 12.8 Å². The van der Waals surface area contributed by atoms with Gasteiger partial charge in [-0.15, -0.1) is 0 Å². The number of carbonyl (C=O) groups excluding carboxylic acids is 1. The number of carbonyl (C=O) groups is 2. The predicted molar refractivity (Wildman–Crippen MR) is 79.7 cm³/mol. The van der Waals surface area contributed by atoms with Gasteiger partial charge in [-0.25, -0.2) is 0 Å². The molecule has 0 radical (unpaired) electrons. The Labute approximate surface area is 130 Å². The molecule has 1 unspecified atom stereocenters. The molecular formula is C14H16ClNO4S. The average molecular weight is 330 g/mol. The highest BCUT2D eigenvalue weighted by Crippen LogP contribution is 2.21. The van der Waals surface area contributed by atoms with Gasteiger partial charge < -0.3 is 10.0 Å². The third kappa shape index (κ3) is 4.04. The lowest BCUT2D eigenvalue weighted by Gasteiger charge is -2.30. The molecule has 0 aromatic heterocycles. The molecule has 1 atom stereocenters. The second kappa shape index (κ2) is 7.04. The van der Waals surface area contributed by atoms with Crippen LogP contribution >= 0.6 is 11.6 Å². The summed E-state index contributed by atoms with van der Waals surface area (Å²) < 4.78 is 12.2. The molecule has 1 aromatic carbocycles. The SMILES string of the molecule is O=C(O)C1CCN(C(=O)CS(=O)c2ccccc2Cl)CC1. The first kappa shape index (κ1) is 16.0. The van der Waals surface area contributed by atoms with Crippen molar-refractivity contribution >= 4 is 34.3 Å². The van der Waals surface area contributed by atoms with Crippen molar-refractivity contribution in [1.82, 2.24) is 4.90 Å². The van der Waals surface area contributed by atoms with E-state index in [4.69, 9.17) is 16.7 Å². The summed E-state index contributed by atoms with van der Waals surface area (Å²) in [7, 11) is -1.48. The van der Waals surface area contributed by atoms with Crippen LogP contribution in [0.2, 0.25) is 5.02 Å². The molecular weight excluding hydrogens is 314 g/mol. The lowest BCUT2D eigenvalue weighted by atomic mass is 9.97. The molecule has 1 aliphatic heterocycles. The van der Waals surface area contributed by atoms with E-state index in [1.54, 1.807) is 29.2 Å². The molecule has 1 aromatic rings. The molecule has 1 heterocycles. The van der Waals surface area contributed by atoms with Crippen molar-refractivity contribution in [2.45, 2.75) is 17.7 Å². The van der Waals surface area contributed by atoms with Crippen molar-refractivity contribution in [2.24, 2.45) is 5.92 Å². The summed E-state index contributed by atoms with van der Waals surface area (Å²) in [5.41, 5.74) is 0. The number of benzene rings is 1. The van der Waals surface area contributed by atoms with Crippen molar-refractivity contribution in [3.05, 3.63) is 29.3 Å². The predicted octanol–water partition coefficient (Wildman–Crippen LogP) is 1.77. The Kier molecular flexibility index (Phi) is 5.36. The van der Waals surface area contributed by atoms with Crippen LogP contribution in [0.5, 0.6) is 0 Å². The summed E-state index contributed by atoms with van der Waals surface area (Å²) in [6, 6.07) is 6.74. The highest BCUT2D eigenvalue weighted by molar-refractivity contribution is 7.85. The molecule has 1 amide bonds. The van der Waals surface area contributed by atoms with E-state index >= 15 is 0 Å². The number of halogens is 1. The normalized spacial score (nSPS) is 17.5. The summed E-state index contributed by atoms with van der Waals surface area (Å²) in [5.74, 6) is -1.55. The number of nitrogens with zero attached hydrogens (tertiary/aromatic N) is 1. The van der Waals surface area contributed by atoms with Gasteiger partial charge in [0.25, 0.3) is 0 Å². The van der Waals surface area contributed by atoms with Crippen molar-refractivity contribution in [3.8, 4) is 0 Å². The topological polar surface area (TPSA) is 74.7 Å². The van der Waals surface area contributed by atoms with E-state index in [0.717, 1.165) is 0 Å². The molecule has 5 nitrogen and oxygen atoms in total. The van der Waals surface area contributed by atoms with E-state index in [1.165, 1.54) is 0 Å². The van der Waals surface area contributed by atoms with Gasteiger partial charge >= 0.3 is 5.97 Å². The third-order valence-electron chi connectivity index (χ3n) is 3.53. The fraction of sp³-hybridized carbons (Fsp3) is 0.429. The minimum absolute atomic E-state index is 0.124. The van der Waals surface area contributed by atoms with E-state index in [-0.39, 0.29) is 17.6 Å². The van der Waals surface area contributed by atoms with Gasteiger partial charge in [-0.3, -0.25) is 13.8 Å². The Morgan fingerprint density at radius 1 is 1.29 bits per heavy atom. The lowest BCUT2D eigenvalue weighted by molar-refractivity contribution is -0.145. The number of aliphatic carboxylic acids is 1. The minimum atomic E-state index is -1.48. The maximum Gasteiger partial charge on any atom is 0.306 e. The molecule has 0 aliphatic carbocycles. The minimum Gasteiger partial charge on any atom is -0.481 e. The zero-order valence-electron chi connectivity index (χ0n) is 11.3. The number of carboxylic acids is 1. The van der Waals surface area contributed by atoms with E-state index < -0.39 is 16.8 Å². The Bertz CT molecular complexity index is 570. The Morgan fingerprint density at radius 2 is 1.90 bits per heavy atom. The van der Waals surface area contributed by atoms with Gasteiger partial charge in [0.05, 0.1) is 26.6 Å². The number of likely N-dealkylation sites (tertiary alicyclic amines) is 1. The summed E-state index contributed by atoms with van der Waals surface area (Å²) in [6.07, 6.45) is 0.888. The number of rotatable bonds is 4. The van der Waals surface area contributed by atoms with Crippen molar-refractivity contribution in [2.75, 3.05) is 18.8 Å². The first-order valence-electron chi connectivity index (χ1n) is 6.62. The number of hydrogen-bond donors (Lipinski definition) is 1. The van der Waals surface area contributed by atoms with Gasteiger partial charge in [-0.2, -0.15) is 0 Å². The van der Waals surface area contributed by atoms with Crippen LogP contribution in [0.15, 0.2) is 29.2 Å². The van der Waals surface area contributed by atoms with Crippen LogP contribution < -0.4 is 0 Å². The fourth-order valence-electron chi connectivity index (χ4n) is 2.29. The van der Waals surface area contributed by atoms with Gasteiger partial charge in [-0.1, -0.05) is 23.7 Å². The zero-order valence-corrected chi connectivity index (χ0v) is 12.9. The molecule has 2 rings (SSSR count).